The number of benzene rings is 3. The molecule has 0 fully saturated rings. The van der Waals surface area contributed by atoms with Gasteiger partial charge in [0.2, 0.25) is 16.3 Å². The predicted molar refractivity (Wildman–Crippen MR) is 83.8 cm³/mol. The van der Waals surface area contributed by atoms with E-state index in [-0.39, 0.29) is 11.1 Å². The van der Waals surface area contributed by atoms with E-state index in [9.17, 15) is 26.3 Å². The van der Waals surface area contributed by atoms with Crippen molar-refractivity contribution >= 4 is 20.7 Å². The molecule has 0 aliphatic heterocycles. The maximum atomic E-state index is 13.4. The van der Waals surface area contributed by atoms with Crippen LogP contribution in [0.15, 0.2) is 42.5 Å². The minimum Gasteiger partial charge on any atom is -0.204 e. The zero-order valence-corrected chi connectivity index (χ0v) is 13.9. The highest BCUT2D eigenvalue weighted by Gasteiger charge is 2.15. The van der Waals surface area contributed by atoms with Gasteiger partial charge in [0, 0.05) is 0 Å². The van der Waals surface area contributed by atoms with Gasteiger partial charge in [0.1, 0.15) is 0 Å². The Morgan fingerprint density at radius 1 is 0.440 bits per heavy atom. The SMILES string of the molecule is Fc1cc(-c2c[c]([AlH])cc(-c3cc(F)c(F)c(F)c3)c2)cc(F)c1F. The zero-order chi connectivity index (χ0) is 18.3. The minimum atomic E-state index is -1.58. The highest BCUT2D eigenvalue weighted by atomic mass is 27.0. The monoisotopic (exact) mass is 365 g/mol. The van der Waals surface area contributed by atoms with Crippen LogP contribution in [0.1, 0.15) is 0 Å². The molecule has 1 radical (unpaired) electrons. The van der Waals surface area contributed by atoms with E-state index in [1.807, 2.05) is 0 Å². The average molecular weight is 365 g/mol. The van der Waals surface area contributed by atoms with Crippen LogP contribution in [0.25, 0.3) is 22.3 Å². The van der Waals surface area contributed by atoms with Crippen molar-refractivity contribution in [3.05, 3.63) is 77.4 Å². The largest absolute Gasteiger partial charge is 0.223 e. The smallest absolute Gasteiger partial charge is 0.204 e. The minimum absolute atomic E-state index is 0.0641. The van der Waals surface area contributed by atoms with Gasteiger partial charge in [0.05, 0.1) is 0 Å². The molecule has 0 unspecified atom stereocenters. The number of halogens is 6. The lowest BCUT2D eigenvalue weighted by Gasteiger charge is -2.10. The first-order chi connectivity index (χ1) is 11.8. The Bertz CT molecular complexity index is 862. The molecule has 0 atom stereocenters. The van der Waals surface area contributed by atoms with Crippen molar-refractivity contribution in [2.45, 2.75) is 0 Å². The first kappa shape index (κ1) is 17.6. The van der Waals surface area contributed by atoms with Gasteiger partial charge in [0.25, 0.3) is 0 Å². The molecule has 0 amide bonds. The molecule has 25 heavy (non-hydrogen) atoms. The number of hydrogen-bond donors (Lipinski definition) is 0. The molecule has 0 nitrogen and oxygen atoms in total. The van der Waals surface area contributed by atoms with Gasteiger partial charge >= 0.3 is 0 Å². The summed E-state index contributed by atoms with van der Waals surface area (Å²) in [5, 5.41) is 0. The van der Waals surface area contributed by atoms with Crippen molar-refractivity contribution in [1.82, 2.24) is 0 Å². The van der Waals surface area contributed by atoms with Crippen LogP contribution >= 0.6 is 0 Å². The molecule has 0 saturated carbocycles. The molecular weight excluding hydrogens is 357 g/mol. The fraction of sp³-hybridized carbons (Fsp3) is 0. The summed E-state index contributed by atoms with van der Waals surface area (Å²) in [5.74, 6) is -8.56. The second-order valence-electron chi connectivity index (χ2n) is 5.43. The van der Waals surface area contributed by atoms with E-state index in [0.717, 1.165) is 24.3 Å². The molecule has 3 aromatic carbocycles. The van der Waals surface area contributed by atoms with Crippen LogP contribution in [0.2, 0.25) is 0 Å². The Balaban J connectivity index is 2.17. The van der Waals surface area contributed by atoms with Crippen LogP contribution in [-0.2, 0) is 0 Å². The summed E-state index contributed by atoms with van der Waals surface area (Å²) in [5.41, 5.74) is 0.777. The zero-order valence-electron chi connectivity index (χ0n) is 12.5. The van der Waals surface area contributed by atoms with Crippen LogP contribution in [0.3, 0.4) is 0 Å². The molecule has 0 bridgehead atoms. The summed E-state index contributed by atoms with van der Waals surface area (Å²) in [4.78, 5) is 0. The van der Waals surface area contributed by atoms with E-state index in [1.165, 1.54) is 22.4 Å². The predicted octanol–water partition coefficient (Wildman–Crippen LogP) is 4.38. The number of rotatable bonds is 2. The van der Waals surface area contributed by atoms with Crippen LogP contribution in [-0.4, -0.2) is 16.3 Å². The molecule has 0 saturated heterocycles. The van der Waals surface area contributed by atoms with Crippen molar-refractivity contribution in [3.63, 3.8) is 0 Å². The standard InChI is InChI=1S/C18H7F6.Al.H/c19-13-5-11(6-14(20)17(13)23)9-2-1-3-10(4-9)12-7-15(21)18(24)16(22)8-12;;/h2-8H;;. The van der Waals surface area contributed by atoms with Gasteiger partial charge in [-0.15, -0.1) is 4.43 Å². The van der Waals surface area contributed by atoms with Gasteiger partial charge in [-0.05, 0) is 52.6 Å². The third kappa shape index (κ3) is 3.44. The Hall–Kier alpha value is -2.23. The van der Waals surface area contributed by atoms with Gasteiger partial charge in [0.15, 0.2) is 34.9 Å². The lowest BCUT2D eigenvalue weighted by Crippen LogP contribution is -2.04. The molecule has 0 aliphatic carbocycles. The third-order valence-corrected chi connectivity index (χ3v) is 4.04. The lowest BCUT2D eigenvalue weighted by atomic mass is 9.98. The second kappa shape index (κ2) is 6.58. The Morgan fingerprint density at radius 3 is 1.04 bits per heavy atom. The Morgan fingerprint density at radius 2 is 0.720 bits per heavy atom. The number of hydrogen-bond acceptors (Lipinski definition) is 0. The molecule has 0 spiro atoms. The Labute approximate surface area is 147 Å². The maximum Gasteiger partial charge on any atom is 0.223 e. The van der Waals surface area contributed by atoms with Crippen molar-refractivity contribution in [2.24, 2.45) is 0 Å². The van der Waals surface area contributed by atoms with Gasteiger partial charge in [-0.2, -0.15) is 0 Å². The fourth-order valence-electron chi connectivity index (χ4n) is 2.47. The second-order valence-corrected chi connectivity index (χ2v) is 6.24. The van der Waals surface area contributed by atoms with Crippen LogP contribution in [0.4, 0.5) is 26.3 Å². The van der Waals surface area contributed by atoms with Crippen molar-refractivity contribution in [3.8, 4) is 22.3 Å². The molecule has 7 heteroatoms. The molecule has 0 aliphatic rings. The summed E-state index contributed by atoms with van der Waals surface area (Å²) in [7, 11) is 0. The molecule has 0 N–H and O–H groups in total. The summed E-state index contributed by atoms with van der Waals surface area (Å²) >= 11 is 1.44. The van der Waals surface area contributed by atoms with Crippen LogP contribution in [0.5, 0.6) is 0 Å². The quantitative estimate of drug-likeness (QED) is 0.359. The van der Waals surface area contributed by atoms with E-state index < -0.39 is 34.9 Å². The van der Waals surface area contributed by atoms with E-state index in [2.05, 4.69) is 0 Å². The highest BCUT2D eigenvalue weighted by molar-refractivity contribution is 6.33. The third-order valence-electron chi connectivity index (χ3n) is 3.63. The lowest BCUT2D eigenvalue weighted by molar-refractivity contribution is 0.448. The molecule has 3 aromatic rings. The molecular formula is C18H8AlF6. The summed E-state index contributed by atoms with van der Waals surface area (Å²) in [6.45, 7) is 0. The van der Waals surface area contributed by atoms with E-state index in [4.69, 9.17) is 0 Å². The Kier molecular flexibility index (Phi) is 4.63. The first-order valence-corrected chi connectivity index (χ1v) is 7.74. The normalized spacial score (nSPS) is 11.0. The molecule has 3 rings (SSSR count). The topological polar surface area (TPSA) is 0 Å². The van der Waals surface area contributed by atoms with E-state index in [1.54, 1.807) is 12.1 Å². The fourth-order valence-corrected chi connectivity index (χ4v) is 2.91. The van der Waals surface area contributed by atoms with Gasteiger partial charge in [-0.3, -0.25) is 0 Å². The summed E-state index contributed by atoms with van der Waals surface area (Å²) < 4.78 is 80.7. The summed E-state index contributed by atoms with van der Waals surface area (Å²) in [6.07, 6.45) is 0. The van der Waals surface area contributed by atoms with Crippen molar-refractivity contribution < 1.29 is 26.3 Å². The van der Waals surface area contributed by atoms with E-state index in [0.29, 0.717) is 15.6 Å². The van der Waals surface area contributed by atoms with Crippen LogP contribution < -0.4 is 4.43 Å². The summed E-state index contributed by atoms with van der Waals surface area (Å²) in [6, 6.07) is 7.90. The highest BCUT2D eigenvalue weighted by Crippen LogP contribution is 2.29. The van der Waals surface area contributed by atoms with Crippen LogP contribution in [0, 0.1) is 34.9 Å². The van der Waals surface area contributed by atoms with Gasteiger partial charge < -0.3 is 0 Å². The molecule has 0 heterocycles. The first-order valence-electron chi connectivity index (χ1n) is 7.03. The van der Waals surface area contributed by atoms with Crippen molar-refractivity contribution in [1.29, 1.82) is 0 Å². The molecule has 0 aromatic heterocycles. The van der Waals surface area contributed by atoms with E-state index >= 15 is 0 Å². The molecule has 125 valence electrons. The average Bonchev–Trinajstić information content (AvgIpc) is 2.56. The maximum absolute atomic E-state index is 13.4. The van der Waals surface area contributed by atoms with Gasteiger partial charge in [-0.25, -0.2) is 26.3 Å². The van der Waals surface area contributed by atoms with Gasteiger partial charge in [-0.1, -0.05) is 12.1 Å². The van der Waals surface area contributed by atoms with Crippen molar-refractivity contribution in [2.75, 3.05) is 0 Å².